The van der Waals surface area contributed by atoms with Crippen LogP contribution >= 0.6 is 0 Å². The summed E-state index contributed by atoms with van der Waals surface area (Å²) in [5.41, 5.74) is 6.80. The fourth-order valence-corrected chi connectivity index (χ4v) is 4.74. The first-order chi connectivity index (χ1) is 13.9. The highest BCUT2D eigenvalue weighted by Crippen LogP contribution is 2.58. The Hall–Kier alpha value is -3.23. The van der Waals surface area contributed by atoms with Gasteiger partial charge in [0.25, 0.3) is 0 Å². The SMILES string of the molecule is CC[C@@H]1CC=C2C(C#N)=C(N)C(C#N)(C#N)[C@@H](c3ccccc3OC(C)C)[C@H]2C1. The van der Waals surface area contributed by atoms with Crippen molar-refractivity contribution in [3.63, 3.8) is 0 Å². The molecule has 5 heteroatoms. The molecule has 0 spiro atoms. The van der Waals surface area contributed by atoms with E-state index < -0.39 is 11.3 Å². The number of benzene rings is 1. The Bertz CT molecular complexity index is 969. The molecule has 0 aliphatic heterocycles. The summed E-state index contributed by atoms with van der Waals surface area (Å²) in [5.74, 6) is 0.476. The summed E-state index contributed by atoms with van der Waals surface area (Å²) in [6, 6.07) is 14.2. The van der Waals surface area contributed by atoms with E-state index in [4.69, 9.17) is 10.5 Å². The summed E-state index contributed by atoms with van der Waals surface area (Å²) in [4.78, 5) is 0. The molecule has 0 saturated carbocycles. The Balaban J connectivity index is 2.32. The molecule has 1 aromatic carbocycles. The predicted molar refractivity (Wildman–Crippen MR) is 110 cm³/mol. The van der Waals surface area contributed by atoms with E-state index in [1.54, 1.807) is 0 Å². The molecule has 0 aromatic heterocycles. The van der Waals surface area contributed by atoms with Gasteiger partial charge in [-0.3, -0.25) is 0 Å². The second-order valence-corrected chi connectivity index (χ2v) is 8.13. The zero-order chi connectivity index (χ0) is 21.2. The number of para-hydroxylation sites is 1. The molecule has 1 aromatic rings. The molecule has 0 bridgehead atoms. The van der Waals surface area contributed by atoms with Crippen molar-refractivity contribution in [2.45, 2.75) is 52.1 Å². The normalized spacial score (nSPS) is 25.3. The van der Waals surface area contributed by atoms with E-state index in [-0.39, 0.29) is 17.7 Å². The molecule has 0 heterocycles. The van der Waals surface area contributed by atoms with Crippen LogP contribution in [0.3, 0.4) is 0 Å². The van der Waals surface area contributed by atoms with Crippen LogP contribution in [-0.2, 0) is 0 Å². The number of allylic oxidation sites excluding steroid dienone is 4. The van der Waals surface area contributed by atoms with Crippen molar-refractivity contribution in [3.05, 3.63) is 52.7 Å². The standard InChI is InChI=1S/C24H26N4O/c1-4-16-9-10-17-19(11-16)22(18-7-5-6-8-21(18)29-15(2)3)24(13-26,14-27)23(28)20(17)12-25/h5-8,10,15-16,19,22H,4,9,11,28H2,1-3H3/t16-,19+,22+/m1/s1. The van der Waals surface area contributed by atoms with Gasteiger partial charge in [-0.1, -0.05) is 37.6 Å². The number of nitrogens with two attached hydrogens (primary N) is 1. The molecule has 0 unspecified atom stereocenters. The third kappa shape index (κ3) is 3.26. The fourth-order valence-electron chi connectivity index (χ4n) is 4.74. The minimum atomic E-state index is -1.61. The van der Waals surface area contributed by atoms with Gasteiger partial charge in [-0.25, -0.2) is 0 Å². The van der Waals surface area contributed by atoms with Crippen molar-refractivity contribution in [2.24, 2.45) is 23.0 Å². The summed E-state index contributed by atoms with van der Waals surface area (Å²) in [6.45, 7) is 6.04. The molecule has 29 heavy (non-hydrogen) atoms. The lowest BCUT2D eigenvalue weighted by atomic mass is 9.55. The topological polar surface area (TPSA) is 107 Å². The van der Waals surface area contributed by atoms with E-state index in [1.807, 2.05) is 38.1 Å². The highest BCUT2D eigenvalue weighted by molar-refractivity contribution is 5.60. The largest absolute Gasteiger partial charge is 0.491 e. The summed E-state index contributed by atoms with van der Waals surface area (Å²) in [7, 11) is 0. The first-order valence-corrected chi connectivity index (χ1v) is 10.1. The molecule has 0 saturated heterocycles. The van der Waals surface area contributed by atoms with Gasteiger partial charge in [0.2, 0.25) is 0 Å². The molecule has 0 fully saturated rings. The molecule has 2 aliphatic carbocycles. The number of nitriles is 3. The maximum atomic E-state index is 10.2. The van der Waals surface area contributed by atoms with Gasteiger partial charge in [0.1, 0.15) is 11.8 Å². The lowest BCUT2D eigenvalue weighted by Crippen LogP contribution is -2.43. The third-order valence-corrected chi connectivity index (χ3v) is 6.17. The van der Waals surface area contributed by atoms with Gasteiger partial charge in [0, 0.05) is 11.5 Å². The van der Waals surface area contributed by atoms with Crippen LogP contribution in [0.4, 0.5) is 0 Å². The highest BCUT2D eigenvalue weighted by atomic mass is 16.5. The van der Waals surface area contributed by atoms with Crippen molar-refractivity contribution < 1.29 is 4.74 Å². The predicted octanol–water partition coefficient (Wildman–Crippen LogP) is 4.70. The Labute approximate surface area is 172 Å². The molecule has 2 aliphatic rings. The van der Waals surface area contributed by atoms with Gasteiger partial charge in [-0.2, -0.15) is 15.8 Å². The minimum Gasteiger partial charge on any atom is -0.491 e. The molecule has 0 radical (unpaired) electrons. The zero-order valence-electron chi connectivity index (χ0n) is 17.1. The lowest BCUT2D eigenvalue weighted by molar-refractivity contribution is 0.225. The van der Waals surface area contributed by atoms with Crippen LogP contribution in [0.2, 0.25) is 0 Å². The second kappa shape index (κ2) is 8.02. The Morgan fingerprint density at radius 3 is 2.48 bits per heavy atom. The molecule has 5 nitrogen and oxygen atoms in total. The van der Waals surface area contributed by atoms with Gasteiger partial charge in [0.15, 0.2) is 5.41 Å². The molecule has 3 rings (SSSR count). The number of nitrogens with zero attached hydrogens (tertiary/aromatic N) is 3. The van der Waals surface area contributed by atoms with Crippen LogP contribution < -0.4 is 10.5 Å². The first kappa shape index (κ1) is 20.5. The van der Waals surface area contributed by atoms with Crippen molar-refractivity contribution in [1.82, 2.24) is 0 Å². The summed E-state index contributed by atoms with van der Waals surface area (Å²) in [5, 5.41) is 30.2. The smallest absolute Gasteiger partial charge is 0.191 e. The van der Waals surface area contributed by atoms with Gasteiger partial charge < -0.3 is 10.5 Å². The second-order valence-electron chi connectivity index (χ2n) is 8.13. The monoisotopic (exact) mass is 386 g/mol. The quantitative estimate of drug-likeness (QED) is 0.807. The maximum Gasteiger partial charge on any atom is 0.191 e. The number of ether oxygens (including phenoxy) is 1. The fraction of sp³-hybridized carbons (Fsp3) is 0.458. The number of hydrogen-bond acceptors (Lipinski definition) is 5. The number of hydrogen-bond donors (Lipinski definition) is 1. The van der Waals surface area contributed by atoms with Crippen LogP contribution in [0.15, 0.2) is 47.2 Å². The maximum absolute atomic E-state index is 10.2. The van der Waals surface area contributed by atoms with E-state index in [2.05, 4.69) is 31.2 Å². The molecular weight excluding hydrogens is 360 g/mol. The first-order valence-electron chi connectivity index (χ1n) is 10.1. The van der Waals surface area contributed by atoms with Crippen molar-refractivity contribution in [3.8, 4) is 24.0 Å². The van der Waals surface area contributed by atoms with Crippen molar-refractivity contribution >= 4 is 0 Å². The molecule has 3 atom stereocenters. The van der Waals surface area contributed by atoms with E-state index in [0.29, 0.717) is 17.2 Å². The number of fused-ring (bicyclic) bond motifs is 1. The zero-order valence-corrected chi connectivity index (χ0v) is 17.1. The molecule has 2 N–H and O–H groups in total. The van der Waals surface area contributed by atoms with Crippen LogP contribution in [0.1, 0.15) is 51.5 Å². The van der Waals surface area contributed by atoms with Gasteiger partial charge in [-0.05, 0) is 50.2 Å². The summed E-state index contributed by atoms with van der Waals surface area (Å²) in [6.07, 6.45) is 4.73. The van der Waals surface area contributed by atoms with Gasteiger partial charge in [-0.15, -0.1) is 0 Å². The van der Waals surface area contributed by atoms with Gasteiger partial charge in [0.05, 0.1) is 29.5 Å². The van der Waals surface area contributed by atoms with Crippen LogP contribution in [0, 0.1) is 51.2 Å². The molecule has 0 amide bonds. The van der Waals surface area contributed by atoms with Crippen LogP contribution in [0.5, 0.6) is 5.75 Å². The summed E-state index contributed by atoms with van der Waals surface area (Å²) < 4.78 is 6.04. The highest BCUT2D eigenvalue weighted by Gasteiger charge is 2.55. The minimum absolute atomic E-state index is 0.0503. The van der Waals surface area contributed by atoms with E-state index in [1.165, 1.54) is 0 Å². The Kier molecular flexibility index (Phi) is 5.67. The molecule has 148 valence electrons. The Morgan fingerprint density at radius 2 is 1.90 bits per heavy atom. The lowest BCUT2D eigenvalue weighted by Gasteiger charge is -2.45. The average molecular weight is 386 g/mol. The van der Waals surface area contributed by atoms with E-state index in [0.717, 1.165) is 30.4 Å². The van der Waals surface area contributed by atoms with Gasteiger partial charge >= 0.3 is 0 Å². The van der Waals surface area contributed by atoms with Crippen LogP contribution in [0.25, 0.3) is 0 Å². The summed E-state index contributed by atoms with van der Waals surface area (Å²) >= 11 is 0. The van der Waals surface area contributed by atoms with Crippen molar-refractivity contribution in [1.29, 1.82) is 15.8 Å². The van der Waals surface area contributed by atoms with Crippen LogP contribution in [-0.4, -0.2) is 6.10 Å². The van der Waals surface area contributed by atoms with E-state index >= 15 is 0 Å². The Morgan fingerprint density at radius 1 is 1.21 bits per heavy atom. The third-order valence-electron chi connectivity index (χ3n) is 6.17. The molecular formula is C24H26N4O. The number of rotatable bonds is 4. The van der Waals surface area contributed by atoms with E-state index in [9.17, 15) is 15.8 Å². The average Bonchev–Trinajstić information content (AvgIpc) is 2.73. The van der Waals surface area contributed by atoms with Crippen molar-refractivity contribution in [2.75, 3.05) is 0 Å².